The maximum Gasteiger partial charge on any atom is 0.148 e. The molecule has 0 spiro atoms. The average Bonchev–Trinajstić information content (AvgIpc) is 3.10. The maximum atomic E-state index is 13.7. The Kier molecular flexibility index (Phi) is 3.16. The fraction of sp³-hybridized carbons (Fsp3) is 0.154. The van der Waals surface area contributed by atoms with Crippen LogP contribution >= 0.6 is 0 Å². The van der Waals surface area contributed by atoms with Crippen LogP contribution in [-0.4, -0.2) is 27.0 Å². The van der Waals surface area contributed by atoms with Crippen LogP contribution in [0.3, 0.4) is 0 Å². The van der Waals surface area contributed by atoms with E-state index in [1.54, 1.807) is 30.1 Å². The predicted octanol–water partition coefficient (Wildman–Crippen LogP) is 2.16. The Hall–Kier alpha value is -2.70. The Labute approximate surface area is 114 Å². The summed E-state index contributed by atoms with van der Waals surface area (Å²) in [5.74, 6) is 0.305. The molecule has 3 rings (SSSR count). The van der Waals surface area contributed by atoms with Crippen LogP contribution in [0, 0.1) is 5.82 Å². The summed E-state index contributed by atoms with van der Waals surface area (Å²) in [7, 11) is 1.76. The smallest absolute Gasteiger partial charge is 0.148 e. The van der Waals surface area contributed by atoms with Crippen molar-refractivity contribution in [3.8, 4) is 11.4 Å². The SMILES string of the molecule is CNc1cc(-c2ccon2)n(Cc2ncccc2F)n1. The third-order valence-electron chi connectivity index (χ3n) is 2.87. The molecule has 20 heavy (non-hydrogen) atoms. The summed E-state index contributed by atoms with van der Waals surface area (Å²) in [6.07, 6.45) is 3.03. The van der Waals surface area contributed by atoms with Crippen LogP contribution in [-0.2, 0) is 6.54 Å². The topological polar surface area (TPSA) is 68.8 Å². The Morgan fingerprint density at radius 1 is 1.40 bits per heavy atom. The molecule has 0 aliphatic carbocycles. The summed E-state index contributed by atoms with van der Waals surface area (Å²) in [5, 5.41) is 11.2. The van der Waals surface area contributed by atoms with E-state index in [0.717, 1.165) is 5.69 Å². The molecule has 3 aromatic rings. The van der Waals surface area contributed by atoms with Crippen LogP contribution in [0.1, 0.15) is 5.69 Å². The molecular weight excluding hydrogens is 261 g/mol. The molecule has 0 unspecified atom stereocenters. The number of rotatable bonds is 4. The molecule has 0 bridgehead atoms. The van der Waals surface area contributed by atoms with E-state index in [4.69, 9.17) is 4.52 Å². The number of nitrogens with one attached hydrogen (secondary N) is 1. The molecule has 0 radical (unpaired) electrons. The van der Waals surface area contributed by atoms with E-state index in [9.17, 15) is 4.39 Å². The molecule has 0 amide bonds. The number of pyridine rings is 1. The molecule has 0 aliphatic rings. The van der Waals surface area contributed by atoms with E-state index < -0.39 is 0 Å². The summed E-state index contributed by atoms with van der Waals surface area (Å²) in [5.41, 5.74) is 1.69. The van der Waals surface area contributed by atoms with Crippen LogP contribution in [0.2, 0.25) is 0 Å². The second kappa shape index (κ2) is 5.12. The van der Waals surface area contributed by atoms with Crippen LogP contribution in [0.15, 0.2) is 41.2 Å². The monoisotopic (exact) mass is 273 g/mol. The number of anilines is 1. The van der Waals surface area contributed by atoms with Gasteiger partial charge in [-0.1, -0.05) is 5.16 Å². The molecule has 0 saturated heterocycles. The number of aromatic nitrogens is 4. The van der Waals surface area contributed by atoms with Crippen molar-refractivity contribution in [2.75, 3.05) is 12.4 Å². The lowest BCUT2D eigenvalue weighted by Gasteiger charge is -2.05. The molecule has 0 saturated carbocycles. The molecule has 0 aromatic carbocycles. The lowest BCUT2D eigenvalue weighted by atomic mass is 10.3. The van der Waals surface area contributed by atoms with Gasteiger partial charge in [0, 0.05) is 25.4 Å². The molecule has 3 heterocycles. The van der Waals surface area contributed by atoms with Gasteiger partial charge in [0.25, 0.3) is 0 Å². The molecule has 0 atom stereocenters. The summed E-state index contributed by atoms with van der Waals surface area (Å²) in [6.45, 7) is 0.219. The van der Waals surface area contributed by atoms with Gasteiger partial charge in [-0.2, -0.15) is 5.10 Å². The molecule has 3 aromatic heterocycles. The minimum absolute atomic E-state index is 0.219. The summed E-state index contributed by atoms with van der Waals surface area (Å²) >= 11 is 0. The van der Waals surface area contributed by atoms with Gasteiger partial charge in [-0.3, -0.25) is 9.67 Å². The van der Waals surface area contributed by atoms with E-state index in [0.29, 0.717) is 17.2 Å². The van der Waals surface area contributed by atoms with Crippen molar-refractivity contribution in [1.82, 2.24) is 19.9 Å². The normalized spacial score (nSPS) is 10.7. The average molecular weight is 273 g/mol. The second-order valence-corrected chi connectivity index (χ2v) is 4.14. The highest BCUT2D eigenvalue weighted by molar-refractivity contribution is 5.59. The van der Waals surface area contributed by atoms with Crippen LogP contribution < -0.4 is 5.32 Å². The summed E-state index contributed by atoms with van der Waals surface area (Å²) in [6, 6.07) is 6.47. The van der Waals surface area contributed by atoms with Gasteiger partial charge in [-0.05, 0) is 12.1 Å². The lowest BCUT2D eigenvalue weighted by molar-refractivity contribution is 0.421. The first-order valence-electron chi connectivity index (χ1n) is 6.03. The number of hydrogen-bond donors (Lipinski definition) is 1. The quantitative estimate of drug-likeness (QED) is 0.789. The zero-order valence-electron chi connectivity index (χ0n) is 10.7. The van der Waals surface area contributed by atoms with Gasteiger partial charge in [-0.15, -0.1) is 0 Å². The van der Waals surface area contributed by atoms with Crippen molar-refractivity contribution in [1.29, 1.82) is 0 Å². The lowest BCUT2D eigenvalue weighted by Crippen LogP contribution is -2.07. The Morgan fingerprint density at radius 2 is 2.30 bits per heavy atom. The Morgan fingerprint density at radius 3 is 3.00 bits per heavy atom. The molecular formula is C13H12FN5O. The van der Waals surface area contributed by atoms with E-state index in [1.807, 2.05) is 6.07 Å². The van der Waals surface area contributed by atoms with Gasteiger partial charge >= 0.3 is 0 Å². The van der Waals surface area contributed by atoms with Gasteiger partial charge in [-0.25, -0.2) is 4.39 Å². The molecule has 102 valence electrons. The van der Waals surface area contributed by atoms with Crippen molar-refractivity contribution in [2.24, 2.45) is 0 Å². The summed E-state index contributed by atoms with van der Waals surface area (Å²) < 4.78 is 20.2. The molecule has 6 nitrogen and oxygen atoms in total. The Balaban J connectivity index is 2.01. The maximum absolute atomic E-state index is 13.7. The van der Waals surface area contributed by atoms with Crippen molar-refractivity contribution in [3.63, 3.8) is 0 Å². The molecule has 0 aliphatic heterocycles. The summed E-state index contributed by atoms with van der Waals surface area (Å²) in [4.78, 5) is 4.03. The third kappa shape index (κ3) is 2.25. The van der Waals surface area contributed by atoms with Crippen molar-refractivity contribution >= 4 is 5.82 Å². The standard InChI is InChI=1S/C13H12FN5O/c1-15-13-7-12(10-4-6-20-18-10)19(17-13)8-11-9(14)3-2-5-16-11/h2-7H,8H2,1H3,(H,15,17). The van der Waals surface area contributed by atoms with E-state index >= 15 is 0 Å². The number of nitrogens with zero attached hydrogens (tertiary/aromatic N) is 4. The fourth-order valence-electron chi connectivity index (χ4n) is 1.89. The Bertz CT molecular complexity index is 707. The minimum Gasteiger partial charge on any atom is -0.372 e. The van der Waals surface area contributed by atoms with Gasteiger partial charge in [0.2, 0.25) is 0 Å². The van der Waals surface area contributed by atoms with Crippen molar-refractivity contribution < 1.29 is 8.91 Å². The van der Waals surface area contributed by atoms with Crippen LogP contribution in [0.4, 0.5) is 10.2 Å². The first-order valence-corrected chi connectivity index (χ1v) is 6.03. The predicted molar refractivity (Wildman–Crippen MR) is 70.6 cm³/mol. The van der Waals surface area contributed by atoms with Gasteiger partial charge < -0.3 is 9.84 Å². The number of halogens is 1. The number of hydrogen-bond acceptors (Lipinski definition) is 5. The van der Waals surface area contributed by atoms with E-state index in [-0.39, 0.29) is 12.4 Å². The van der Waals surface area contributed by atoms with Gasteiger partial charge in [0.1, 0.15) is 23.6 Å². The molecule has 7 heteroatoms. The minimum atomic E-state index is -0.361. The first kappa shape index (κ1) is 12.3. The van der Waals surface area contributed by atoms with E-state index in [2.05, 4.69) is 20.6 Å². The highest BCUT2D eigenvalue weighted by Gasteiger charge is 2.14. The second-order valence-electron chi connectivity index (χ2n) is 4.14. The third-order valence-corrected chi connectivity index (χ3v) is 2.87. The van der Waals surface area contributed by atoms with Gasteiger partial charge in [0.05, 0.1) is 17.9 Å². The highest BCUT2D eigenvalue weighted by Crippen LogP contribution is 2.22. The zero-order valence-corrected chi connectivity index (χ0v) is 10.7. The van der Waals surface area contributed by atoms with Crippen molar-refractivity contribution in [2.45, 2.75) is 6.54 Å². The van der Waals surface area contributed by atoms with Crippen LogP contribution in [0.25, 0.3) is 11.4 Å². The largest absolute Gasteiger partial charge is 0.372 e. The van der Waals surface area contributed by atoms with E-state index in [1.165, 1.54) is 12.3 Å². The highest BCUT2D eigenvalue weighted by atomic mass is 19.1. The zero-order chi connectivity index (χ0) is 13.9. The van der Waals surface area contributed by atoms with Crippen LogP contribution in [0.5, 0.6) is 0 Å². The fourth-order valence-corrected chi connectivity index (χ4v) is 1.89. The first-order chi connectivity index (χ1) is 9.78. The molecule has 0 fully saturated rings. The van der Waals surface area contributed by atoms with Crippen molar-refractivity contribution in [3.05, 3.63) is 48.2 Å². The van der Waals surface area contributed by atoms with Gasteiger partial charge in [0.15, 0.2) is 0 Å². The molecule has 1 N–H and O–H groups in total.